The number of carbonyl (C=O) groups excluding carboxylic acids is 1. The number of alkyl halides is 1. The first-order valence-corrected chi connectivity index (χ1v) is 8.66. The monoisotopic (exact) mass is 332 g/mol. The summed E-state index contributed by atoms with van der Waals surface area (Å²) >= 11 is 0. The van der Waals surface area contributed by atoms with Gasteiger partial charge in [0.25, 0.3) is 0 Å². The fourth-order valence-corrected chi connectivity index (χ4v) is 3.56. The lowest BCUT2D eigenvalue weighted by Gasteiger charge is -2.28. The van der Waals surface area contributed by atoms with E-state index in [9.17, 15) is 9.18 Å². The van der Waals surface area contributed by atoms with Crippen molar-refractivity contribution in [2.75, 3.05) is 20.1 Å². The van der Waals surface area contributed by atoms with E-state index in [2.05, 4.69) is 27.0 Å². The molecule has 3 rings (SSSR count). The Labute approximate surface area is 142 Å². The second kappa shape index (κ2) is 7.83. The number of halogens is 1. The molecular formula is C18H25FN4O. The van der Waals surface area contributed by atoms with Crippen molar-refractivity contribution in [3.05, 3.63) is 36.4 Å². The number of hydrogen-bond donors (Lipinski definition) is 0. The third-order valence-electron chi connectivity index (χ3n) is 4.90. The highest BCUT2D eigenvalue weighted by Crippen LogP contribution is 2.24. The summed E-state index contributed by atoms with van der Waals surface area (Å²) in [5.74, 6) is 1.21. The maximum absolute atomic E-state index is 13.9. The van der Waals surface area contributed by atoms with Crippen molar-refractivity contribution in [2.24, 2.45) is 5.92 Å². The molecule has 1 aromatic heterocycles. The van der Waals surface area contributed by atoms with Gasteiger partial charge in [-0.25, -0.2) is 14.4 Å². The molecule has 0 bridgehead atoms. The summed E-state index contributed by atoms with van der Waals surface area (Å²) in [6, 6.07) is 1.80. The number of likely N-dealkylation sites (N-methyl/N-ethyl adjacent to an activating group) is 1. The molecule has 24 heavy (non-hydrogen) atoms. The minimum absolute atomic E-state index is 0.0249. The maximum Gasteiger partial charge on any atom is 0.222 e. The Bertz CT molecular complexity index is 580. The molecule has 1 fully saturated rings. The van der Waals surface area contributed by atoms with Crippen LogP contribution in [0.2, 0.25) is 0 Å². The van der Waals surface area contributed by atoms with Gasteiger partial charge in [0.2, 0.25) is 5.91 Å². The largest absolute Gasteiger partial charge is 0.344 e. The molecule has 1 unspecified atom stereocenters. The molecule has 2 heterocycles. The molecular weight excluding hydrogens is 307 g/mol. The molecule has 6 heteroatoms. The average Bonchev–Trinajstić information content (AvgIpc) is 3.18. The number of nitrogens with zero attached hydrogens (tertiary/aromatic N) is 4. The van der Waals surface area contributed by atoms with E-state index in [4.69, 9.17) is 0 Å². The summed E-state index contributed by atoms with van der Waals surface area (Å²) in [5, 5.41) is 0. The number of aromatic nitrogens is 2. The summed E-state index contributed by atoms with van der Waals surface area (Å²) in [4.78, 5) is 24.6. The number of likely N-dealkylation sites (tertiary alicyclic amines) is 1. The first kappa shape index (κ1) is 17.0. The van der Waals surface area contributed by atoms with E-state index in [1.165, 1.54) is 0 Å². The topological polar surface area (TPSA) is 49.3 Å². The molecule has 1 saturated heterocycles. The summed E-state index contributed by atoms with van der Waals surface area (Å²) in [6.45, 7) is 1.47. The van der Waals surface area contributed by atoms with Crippen molar-refractivity contribution in [1.29, 1.82) is 0 Å². The van der Waals surface area contributed by atoms with Gasteiger partial charge in [0.15, 0.2) is 0 Å². The zero-order valence-electron chi connectivity index (χ0n) is 14.1. The van der Waals surface area contributed by atoms with Gasteiger partial charge in [-0.15, -0.1) is 0 Å². The average molecular weight is 332 g/mol. The molecule has 1 amide bonds. The van der Waals surface area contributed by atoms with Crippen LogP contribution in [0.1, 0.15) is 31.5 Å². The maximum atomic E-state index is 13.9. The number of rotatable bonds is 6. The molecule has 0 spiro atoms. The molecule has 3 atom stereocenters. The first-order chi connectivity index (χ1) is 11.6. The summed E-state index contributed by atoms with van der Waals surface area (Å²) < 4.78 is 13.9. The Balaban J connectivity index is 1.55. The van der Waals surface area contributed by atoms with Crippen LogP contribution in [-0.2, 0) is 11.3 Å². The number of allylic oxidation sites excluding steroid dienone is 2. The normalized spacial score (nSPS) is 26.8. The van der Waals surface area contributed by atoms with Crippen LogP contribution in [0, 0.1) is 5.92 Å². The zero-order chi connectivity index (χ0) is 16.9. The summed E-state index contributed by atoms with van der Waals surface area (Å²) in [7, 11) is 1.82. The van der Waals surface area contributed by atoms with Crippen molar-refractivity contribution < 1.29 is 9.18 Å². The minimum Gasteiger partial charge on any atom is -0.344 e. The van der Waals surface area contributed by atoms with Gasteiger partial charge in [-0.2, -0.15) is 0 Å². The molecule has 1 aliphatic heterocycles. The molecule has 0 aromatic carbocycles. The summed E-state index contributed by atoms with van der Waals surface area (Å²) in [6.07, 6.45) is 9.98. The van der Waals surface area contributed by atoms with Gasteiger partial charge in [-0.3, -0.25) is 9.69 Å². The third-order valence-corrected chi connectivity index (χ3v) is 4.90. The van der Waals surface area contributed by atoms with E-state index in [1.54, 1.807) is 23.4 Å². The SMILES string of the molecule is CN(C[C@@H]1C[C@H](F)CN1Cc1ncccn1)C(=O)CC1C=CCC1. The van der Waals surface area contributed by atoms with Crippen LogP contribution in [-0.4, -0.2) is 58.0 Å². The van der Waals surface area contributed by atoms with Crippen LogP contribution >= 0.6 is 0 Å². The molecule has 0 radical (unpaired) electrons. The van der Waals surface area contributed by atoms with Crippen LogP contribution in [0.25, 0.3) is 0 Å². The van der Waals surface area contributed by atoms with Crippen molar-refractivity contribution in [2.45, 2.75) is 44.4 Å². The van der Waals surface area contributed by atoms with Gasteiger partial charge < -0.3 is 4.90 Å². The standard InChI is InChI=1S/C18H25FN4O/c1-22(18(24)9-14-5-2-3-6-14)12-16-10-15(19)11-23(16)13-17-20-7-4-8-21-17/h2,4-5,7-8,14-16H,3,6,9-13H2,1H3/t14?,15-,16-/m0/s1. The number of hydrogen-bond acceptors (Lipinski definition) is 4. The van der Waals surface area contributed by atoms with E-state index < -0.39 is 6.17 Å². The van der Waals surface area contributed by atoms with Gasteiger partial charge >= 0.3 is 0 Å². The molecule has 0 N–H and O–H groups in total. The highest BCUT2D eigenvalue weighted by molar-refractivity contribution is 5.76. The van der Waals surface area contributed by atoms with E-state index in [1.807, 2.05) is 7.05 Å². The first-order valence-electron chi connectivity index (χ1n) is 8.66. The fraction of sp³-hybridized carbons (Fsp3) is 0.611. The second-order valence-corrected chi connectivity index (χ2v) is 6.83. The molecule has 1 aromatic rings. The van der Waals surface area contributed by atoms with Crippen molar-refractivity contribution >= 4 is 5.91 Å². The highest BCUT2D eigenvalue weighted by Gasteiger charge is 2.34. The van der Waals surface area contributed by atoms with Gasteiger partial charge in [0.1, 0.15) is 12.0 Å². The third kappa shape index (κ3) is 4.38. The highest BCUT2D eigenvalue weighted by atomic mass is 19.1. The predicted molar refractivity (Wildman–Crippen MR) is 89.9 cm³/mol. The Morgan fingerprint density at radius 2 is 2.21 bits per heavy atom. The van der Waals surface area contributed by atoms with Crippen LogP contribution < -0.4 is 0 Å². The quantitative estimate of drug-likeness (QED) is 0.750. The smallest absolute Gasteiger partial charge is 0.222 e. The lowest BCUT2D eigenvalue weighted by atomic mass is 10.0. The van der Waals surface area contributed by atoms with E-state index >= 15 is 0 Å². The Hall–Kier alpha value is -1.82. The van der Waals surface area contributed by atoms with Crippen molar-refractivity contribution in [3.8, 4) is 0 Å². The van der Waals surface area contributed by atoms with Crippen LogP contribution in [0.15, 0.2) is 30.6 Å². The second-order valence-electron chi connectivity index (χ2n) is 6.83. The van der Waals surface area contributed by atoms with Crippen LogP contribution in [0.5, 0.6) is 0 Å². The molecule has 0 saturated carbocycles. The molecule has 5 nitrogen and oxygen atoms in total. The number of amides is 1. The van der Waals surface area contributed by atoms with Gasteiger partial charge in [0.05, 0.1) is 6.54 Å². The van der Waals surface area contributed by atoms with E-state index in [-0.39, 0.29) is 11.9 Å². The lowest BCUT2D eigenvalue weighted by Crippen LogP contribution is -2.41. The molecule has 130 valence electrons. The molecule has 1 aliphatic carbocycles. The van der Waals surface area contributed by atoms with Crippen LogP contribution in [0.3, 0.4) is 0 Å². The fourth-order valence-electron chi connectivity index (χ4n) is 3.56. The molecule has 2 aliphatic rings. The predicted octanol–water partition coefficient (Wildman–Crippen LogP) is 2.20. The minimum atomic E-state index is -0.847. The Morgan fingerprint density at radius 3 is 2.92 bits per heavy atom. The van der Waals surface area contributed by atoms with Crippen molar-refractivity contribution in [3.63, 3.8) is 0 Å². The van der Waals surface area contributed by atoms with Gasteiger partial charge in [0, 0.05) is 45.0 Å². The number of carbonyl (C=O) groups is 1. The summed E-state index contributed by atoms with van der Waals surface area (Å²) in [5.41, 5.74) is 0. The zero-order valence-corrected chi connectivity index (χ0v) is 14.1. The lowest BCUT2D eigenvalue weighted by molar-refractivity contribution is -0.131. The Morgan fingerprint density at radius 1 is 1.42 bits per heavy atom. The Kier molecular flexibility index (Phi) is 5.56. The van der Waals surface area contributed by atoms with E-state index in [0.29, 0.717) is 44.2 Å². The van der Waals surface area contributed by atoms with Crippen molar-refractivity contribution in [1.82, 2.24) is 19.8 Å². The van der Waals surface area contributed by atoms with Crippen LogP contribution in [0.4, 0.5) is 4.39 Å². The van der Waals surface area contributed by atoms with Gasteiger partial charge in [-0.05, 0) is 31.2 Å². The van der Waals surface area contributed by atoms with Gasteiger partial charge in [-0.1, -0.05) is 12.2 Å². The van der Waals surface area contributed by atoms with E-state index in [0.717, 1.165) is 12.8 Å².